The maximum Gasteiger partial charge on any atom is 0.173 e. The Hall–Kier alpha value is -1.29. The van der Waals surface area contributed by atoms with E-state index in [0.29, 0.717) is 0 Å². The lowest BCUT2D eigenvalue weighted by molar-refractivity contribution is 0.590. The van der Waals surface area contributed by atoms with E-state index in [2.05, 4.69) is 38.2 Å². The summed E-state index contributed by atoms with van der Waals surface area (Å²) in [6.45, 7) is 6.51. The van der Waals surface area contributed by atoms with Crippen LogP contribution in [0.3, 0.4) is 0 Å². The highest BCUT2D eigenvalue weighted by molar-refractivity contribution is 7.94. The molecule has 1 aromatic carbocycles. The lowest BCUT2D eigenvalue weighted by Gasteiger charge is -2.20. The van der Waals surface area contributed by atoms with Gasteiger partial charge in [0.05, 0.1) is 11.8 Å². The van der Waals surface area contributed by atoms with Gasteiger partial charge >= 0.3 is 0 Å². The lowest BCUT2D eigenvalue weighted by atomic mass is 9.87. The number of hydrogen-bond donors (Lipinski definition) is 1. The predicted molar refractivity (Wildman–Crippen MR) is 75.5 cm³/mol. The first kappa shape index (κ1) is 13.1. The summed E-state index contributed by atoms with van der Waals surface area (Å²) < 4.78 is 22.6. The highest BCUT2D eigenvalue weighted by Gasteiger charge is 2.21. The van der Waals surface area contributed by atoms with Crippen molar-refractivity contribution in [1.82, 2.24) is 0 Å². The Morgan fingerprint density at radius 3 is 2.22 bits per heavy atom. The molecule has 0 bridgehead atoms. The van der Waals surface area contributed by atoms with E-state index in [1.165, 1.54) is 11.0 Å². The second kappa shape index (κ2) is 4.43. The summed E-state index contributed by atoms with van der Waals surface area (Å²) in [5.74, 6) is 0.147. The Morgan fingerprint density at radius 1 is 1.17 bits per heavy atom. The molecule has 0 aromatic heterocycles. The minimum atomic E-state index is -2.99. The second-order valence-corrected chi connectivity index (χ2v) is 7.67. The first-order valence-corrected chi connectivity index (χ1v) is 7.76. The van der Waals surface area contributed by atoms with Crippen molar-refractivity contribution in [2.75, 3.05) is 11.1 Å². The molecule has 1 aliphatic rings. The Morgan fingerprint density at radius 2 is 1.78 bits per heavy atom. The number of sulfone groups is 1. The molecule has 0 fully saturated rings. The van der Waals surface area contributed by atoms with Crippen molar-refractivity contribution >= 4 is 15.5 Å². The summed E-state index contributed by atoms with van der Waals surface area (Å²) in [6, 6.07) is 8.04. The molecule has 1 heterocycles. The van der Waals surface area contributed by atoms with E-state index >= 15 is 0 Å². The van der Waals surface area contributed by atoms with Gasteiger partial charge < -0.3 is 5.32 Å². The molecule has 0 saturated heterocycles. The molecule has 18 heavy (non-hydrogen) atoms. The van der Waals surface area contributed by atoms with Gasteiger partial charge in [0.1, 0.15) is 0 Å². The zero-order chi connectivity index (χ0) is 13.4. The largest absolute Gasteiger partial charge is 0.378 e. The third-order valence-electron chi connectivity index (χ3n) is 3.03. The molecule has 0 amide bonds. The molecule has 1 aliphatic heterocycles. The molecule has 1 atom stereocenters. The SMILES string of the molecule is CC(C)(C)c1ccc(N[C@@H]2C=CS(=O)(=O)C2)cc1. The molecule has 0 unspecified atom stereocenters. The average molecular weight is 265 g/mol. The maximum atomic E-state index is 11.3. The van der Waals surface area contributed by atoms with E-state index in [9.17, 15) is 8.42 Å². The highest BCUT2D eigenvalue weighted by atomic mass is 32.2. The molecule has 98 valence electrons. The van der Waals surface area contributed by atoms with Gasteiger partial charge in [-0.2, -0.15) is 0 Å². The first-order valence-electron chi connectivity index (χ1n) is 6.04. The summed E-state index contributed by atoms with van der Waals surface area (Å²) in [7, 11) is -2.99. The molecular weight excluding hydrogens is 246 g/mol. The third-order valence-corrected chi connectivity index (χ3v) is 4.43. The van der Waals surface area contributed by atoms with Crippen LogP contribution in [0, 0.1) is 0 Å². The van der Waals surface area contributed by atoms with E-state index in [0.717, 1.165) is 5.69 Å². The average Bonchev–Trinajstić information content (AvgIpc) is 2.57. The van der Waals surface area contributed by atoms with Crippen molar-refractivity contribution in [2.45, 2.75) is 32.2 Å². The standard InChI is InChI=1S/C14H19NO2S/c1-14(2,3)11-4-6-12(7-5-11)15-13-8-9-18(16,17)10-13/h4-9,13,15H,10H2,1-3H3/t13-/m1/s1. The lowest BCUT2D eigenvalue weighted by Crippen LogP contribution is -2.21. The molecule has 4 heteroatoms. The van der Waals surface area contributed by atoms with Crippen molar-refractivity contribution in [3.63, 3.8) is 0 Å². The van der Waals surface area contributed by atoms with Crippen LogP contribution in [0.1, 0.15) is 26.3 Å². The van der Waals surface area contributed by atoms with E-state index < -0.39 is 9.84 Å². The zero-order valence-corrected chi connectivity index (χ0v) is 11.8. The number of rotatable bonds is 2. The number of benzene rings is 1. The van der Waals surface area contributed by atoms with Crippen LogP contribution in [0.15, 0.2) is 35.7 Å². The van der Waals surface area contributed by atoms with E-state index in [1.54, 1.807) is 6.08 Å². The topological polar surface area (TPSA) is 46.2 Å². The highest BCUT2D eigenvalue weighted by Crippen LogP contribution is 2.24. The van der Waals surface area contributed by atoms with Crippen LogP contribution >= 0.6 is 0 Å². The second-order valence-electron chi connectivity index (χ2n) is 5.74. The summed E-state index contributed by atoms with van der Waals surface area (Å²) in [5, 5.41) is 4.50. The van der Waals surface area contributed by atoms with Crippen molar-refractivity contribution in [3.8, 4) is 0 Å². The normalized spacial score (nSPS) is 22.1. The van der Waals surface area contributed by atoms with Crippen molar-refractivity contribution in [1.29, 1.82) is 0 Å². The summed E-state index contributed by atoms with van der Waals surface area (Å²) in [6.07, 6.45) is 1.70. The molecular formula is C14H19NO2S. The number of anilines is 1. The van der Waals surface area contributed by atoms with E-state index in [-0.39, 0.29) is 17.2 Å². The fraction of sp³-hybridized carbons (Fsp3) is 0.429. The monoisotopic (exact) mass is 265 g/mol. The molecule has 0 spiro atoms. The van der Waals surface area contributed by atoms with E-state index in [1.807, 2.05) is 12.1 Å². The van der Waals surface area contributed by atoms with Crippen LogP contribution in [0.5, 0.6) is 0 Å². The van der Waals surface area contributed by atoms with Gasteiger partial charge in [-0.1, -0.05) is 39.0 Å². The van der Waals surface area contributed by atoms with Gasteiger partial charge in [0.25, 0.3) is 0 Å². The molecule has 0 saturated carbocycles. The summed E-state index contributed by atoms with van der Waals surface area (Å²) in [4.78, 5) is 0. The van der Waals surface area contributed by atoms with E-state index in [4.69, 9.17) is 0 Å². The molecule has 0 radical (unpaired) electrons. The van der Waals surface area contributed by atoms with Crippen LogP contribution in [0.25, 0.3) is 0 Å². The Balaban J connectivity index is 2.06. The van der Waals surface area contributed by atoms with Crippen LogP contribution in [0.2, 0.25) is 0 Å². The van der Waals surface area contributed by atoms with Crippen LogP contribution < -0.4 is 5.32 Å². The van der Waals surface area contributed by atoms with Crippen molar-refractivity contribution < 1.29 is 8.42 Å². The van der Waals surface area contributed by atoms with Crippen LogP contribution in [-0.4, -0.2) is 20.2 Å². The number of nitrogens with one attached hydrogen (secondary N) is 1. The smallest absolute Gasteiger partial charge is 0.173 e. The van der Waals surface area contributed by atoms with Gasteiger partial charge in [0.2, 0.25) is 0 Å². The van der Waals surface area contributed by atoms with Gasteiger partial charge in [0.15, 0.2) is 9.84 Å². The van der Waals surface area contributed by atoms with Gasteiger partial charge in [-0.15, -0.1) is 0 Å². The minimum Gasteiger partial charge on any atom is -0.378 e. The predicted octanol–water partition coefficient (Wildman–Crippen LogP) is 2.71. The molecule has 2 rings (SSSR count). The minimum absolute atomic E-state index is 0.115. The van der Waals surface area contributed by atoms with Gasteiger partial charge in [-0.05, 0) is 23.1 Å². The summed E-state index contributed by atoms with van der Waals surface area (Å²) in [5.41, 5.74) is 2.35. The molecule has 1 N–H and O–H groups in total. The first-order chi connectivity index (χ1) is 8.26. The fourth-order valence-corrected chi connectivity index (χ4v) is 3.18. The Bertz CT molecular complexity index is 550. The quantitative estimate of drug-likeness (QED) is 0.894. The van der Waals surface area contributed by atoms with Crippen molar-refractivity contribution in [2.24, 2.45) is 0 Å². The Labute approximate surface area is 109 Å². The van der Waals surface area contributed by atoms with Gasteiger partial charge in [-0.25, -0.2) is 8.42 Å². The maximum absolute atomic E-state index is 11.3. The van der Waals surface area contributed by atoms with Gasteiger partial charge in [-0.3, -0.25) is 0 Å². The molecule has 0 aliphatic carbocycles. The van der Waals surface area contributed by atoms with Crippen LogP contribution in [-0.2, 0) is 15.3 Å². The summed E-state index contributed by atoms with van der Waals surface area (Å²) >= 11 is 0. The third kappa shape index (κ3) is 3.13. The van der Waals surface area contributed by atoms with Gasteiger partial charge in [0, 0.05) is 11.1 Å². The van der Waals surface area contributed by atoms with Crippen molar-refractivity contribution in [3.05, 3.63) is 41.3 Å². The molecule has 3 nitrogen and oxygen atoms in total. The molecule has 1 aromatic rings. The van der Waals surface area contributed by atoms with Crippen LogP contribution in [0.4, 0.5) is 5.69 Å². The number of hydrogen-bond acceptors (Lipinski definition) is 3. The zero-order valence-electron chi connectivity index (χ0n) is 11.0. The Kier molecular flexibility index (Phi) is 3.23. The fourth-order valence-electron chi connectivity index (χ4n) is 1.95.